The molecule has 144 valence electrons. The predicted molar refractivity (Wildman–Crippen MR) is 99.9 cm³/mol. The van der Waals surface area contributed by atoms with Gasteiger partial charge in [-0.25, -0.2) is 0 Å². The van der Waals surface area contributed by atoms with Crippen LogP contribution in [0.4, 0.5) is 13.2 Å². The molecule has 0 spiro atoms. The van der Waals surface area contributed by atoms with Crippen molar-refractivity contribution in [2.24, 2.45) is 7.05 Å². The summed E-state index contributed by atoms with van der Waals surface area (Å²) in [6, 6.07) is 11.5. The average Bonchev–Trinajstić information content (AvgIpc) is 3.02. The number of aryl methyl sites for hydroxylation is 1. The van der Waals surface area contributed by atoms with E-state index in [2.05, 4.69) is 5.10 Å². The van der Waals surface area contributed by atoms with E-state index < -0.39 is 16.9 Å². The standard InChI is InChI=1S/C19H13ClF3N3O2/c1-25-13-6-3-10(9-11(13)4-7-14(25)27)12-5-8-15(28-2)26-17(12)16(20)18(24-26)19(21,22)23/h3-9H,1-2H3. The minimum Gasteiger partial charge on any atom is -0.481 e. The Morgan fingerprint density at radius 3 is 2.54 bits per heavy atom. The van der Waals surface area contributed by atoms with Gasteiger partial charge in [0.15, 0.2) is 5.69 Å². The van der Waals surface area contributed by atoms with Crippen LogP contribution < -0.4 is 10.3 Å². The van der Waals surface area contributed by atoms with Crippen LogP contribution in [0, 0.1) is 0 Å². The van der Waals surface area contributed by atoms with Gasteiger partial charge in [0, 0.05) is 24.7 Å². The van der Waals surface area contributed by atoms with Gasteiger partial charge in [-0.3, -0.25) is 4.79 Å². The molecule has 4 rings (SSSR count). The van der Waals surface area contributed by atoms with Gasteiger partial charge in [0.1, 0.15) is 0 Å². The van der Waals surface area contributed by atoms with Crippen molar-refractivity contribution in [2.75, 3.05) is 7.11 Å². The van der Waals surface area contributed by atoms with E-state index in [-0.39, 0.29) is 17.0 Å². The number of alkyl halides is 3. The molecule has 0 aliphatic heterocycles. The predicted octanol–water partition coefficient (Wildman–Crippen LogP) is 4.53. The third kappa shape index (κ3) is 2.72. The fourth-order valence-corrected chi connectivity index (χ4v) is 3.54. The molecular formula is C19H13ClF3N3O2. The molecule has 9 heteroatoms. The second-order valence-electron chi connectivity index (χ2n) is 6.21. The van der Waals surface area contributed by atoms with E-state index >= 15 is 0 Å². The summed E-state index contributed by atoms with van der Waals surface area (Å²) in [4.78, 5) is 11.8. The Kier molecular flexibility index (Phi) is 4.11. The maximum atomic E-state index is 13.3. The van der Waals surface area contributed by atoms with Crippen molar-refractivity contribution >= 4 is 28.0 Å². The van der Waals surface area contributed by atoms with Crippen LogP contribution in [0.15, 0.2) is 47.3 Å². The molecule has 0 N–H and O–H groups in total. The number of methoxy groups -OCH3 is 1. The number of halogens is 4. The molecule has 4 aromatic rings. The van der Waals surface area contributed by atoms with Gasteiger partial charge in [-0.2, -0.15) is 22.8 Å². The summed E-state index contributed by atoms with van der Waals surface area (Å²) < 4.78 is 47.6. The average molecular weight is 408 g/mol. The van der Waals surface area contributed by atoms with E-state index in [1.807, 2.05) is 0 Å². The molecule has 5 nitrogen and oxygen atoms in total. The van der Waals surface area contributed by atoms with E-state index in [0.29, 0.717) is 16.6 Å². The molecule has 0 aliphatic carbocycles. The number of hydrogen-bond acceptors (Lipinski definition) is 3. The quantitative estimate of drug-likeness (QED) is 0.490. The number of fused-ring (bicyclic) bond motifs is 2. The molecule has 0 radical (unpaired) electrons. The van der Waals surface area contributed by atoms with Gasteiger partial charge in [-0.15, -0.1) is 0 Å². The molecule has 3 aromatic heterocycles. The lowest BCUT2D eigenvalue weighted by Crippen LogP contribution is -2.14. The number of hydrogen-bond donors (Lipinski definition) is 0. The molecule has 0 bridgehead atoms. The molecule has 0 saturated heterocycles. The first kappa shape index (κ1) is 18.4. The van der Waals surface area contributed by atoms with Gasteiger partial charge >= 0.3 is 6.18 Å². The minimum atomic E-state index is -4.70. The smallest absolute Gasteiger partial charge is 0.436 e. The first-order valence-electron chi connectivity index (χ1n) is 8.15. The molecule has 0 aliphatic rings. The van der Waals surface area contributed by atoms with Gasteiger partial charge < -0.3 is 9.30 Å². The highest BCUT2D eigenvalue weighted by Gasteiger charge is 2.38. The highest BCUT2D eigenvalue weighted by atomic mass is 35.5. The van der Waals surface area contributed by atoms with E-state index in [0.717, 1.165) is 9.90 Å². The van der Waals surface area contributed by atoms with Crippen molar-refractivity contribution < 1.29 is 17.9 Å². The highest BCUT2D eigenvalue weighted by molar-refractivity contribution is 6.35. The zero-order valence-electron chi connectivity index (χ0n) is 14.7. The molecule has 28 heavy (non-hydrogen) atoms. The first-order chi connectivity index (χ1) is 13.2. The molecule has 0 unspecified atom stereocenters. The lowest BCUT2D eigenvalue weighted by Gasteiger charge is -2.10. The molecule has 3 heterocycles. The fourth-order valence-electron chi connectivity index (χ4n) is 3.22. The van der Waals surface area contributed by atoms with Crippen molar-refractivity contribution in [2.45, 2.75) is 6.18 Å². The molecular weight excluding hydrogens is 395 g/mol. The van der Waals surface area contributed by atoms with Crippen LogP contribution in [0.2, 0.25) is 5.02 Å². The Balaban J connectivity index is 2.04. The normalized spacial score (nSPS) is 12.1. The summed E-state index contributed by atoms with van der Waals surface area (Å²) in [6.45, 7) is 0. The third-order valence-corrected chi connectivity index (χ3v) is 4.96. The van der Waals surface area contributed by atoms with Crippen molar-refractivity contribution in [3.05, 3.63) is 63.5 Å². The summed E-state index contributed by atoms with van der Waals surface area (Å²) in [5.74, 6) is 0.124. The van der Waals surface area contributed by atoms with Gasteiger partial charge in [-0.1, -0.05) is 17.7 Å². The number of rotatable bonds is 2. The van der Waals surface area contributed by atoms with E-state index in [9.17, 15) is 18.0 Å². The van der Waals surface area contributed by atoms with E-state index in [4.69, 9.17) is 16.3 Å². The Morgan fingerprint density at radius 2 is 1.86 bits per heavy atom. The molecule has 0 fully saturated rings. The topological polar surface area (TPSA) is 48.5 Å². The second kappa shape index (κ2) is 6.27. The lowest BCUT2D eigenvalue weighted by molar-refractivity contribution is -0.141. The van der Waals surface area contributed by atoms with Crippen molar-refractivity contribution in [1.29, 1.82) is 0 Å². The maximum absolute atomic E-state index is 13.3. The van der Waals surface area contributed by atoms with Gasteiger partial charge in [0.05, 0.1) is 23.2 Å². The lowest BCUT2D eigenvalue weighted by atomic mass is 10.0. The summed E-state index contributed by atoms with van der Waals surface area (Å²) in [6.07, 6.45) is -4.70. The first-order valence-corrected chi connectivity index (χ1v) is 8.53. The summed E-state index contributed by atoms with van der Waals surface area (Å²) in [5, 5.41) is 3.88. The number of nitrogens with zero attached hydrogens (tertiary/aromatic N) is 3. The summed E-state index contributed by atoms with van der Waals surface area (Å²) in [5.41, 5.74) is 0.566. The summed E-state index contributed by atoms with van der Waals surface area (Å²) in [7, 11) is 2.99. The minimum absolute atomic E-state index is 0.0949. The Hall–Kier alpha value is -3.00. The van der Waals surface area contributed by atoms with Crippen LogP contribution in [-0.2, 0) is 13.2 Å². The molecule has 0 amide bonds. The molecule has 0 saturated carbocycles. The van der Waals surface area contributed by atoms with Crippen molar-refractivity contribution in [1.82, 2.24) is 14.2 Å². The zero-order chi connectivity index (χ0) is 20.2. The SMILES string of the molecule is COc1ccc(-c2ccc3c(ccc(=O)n3C)c2)c2c(Cl)c(C(F)(F)F)nn12. The number of benzene rings is 1. The van der Waals surface area contributed by atoms with Crippen molar-refractivity contribution in [3.8, 4) is 17.0 Å². The van der Waals surface area contributed by atoms with E-state index in [1.54, 1.807) is 37.4 Å². The maximum Gasteiger partial charge on any atom is 0.436 e. The monoisotopic (exact) mass is 407 g/mol. The number of ether oxygens (including phenoxy) is 1. The van der Waals surface area contributed by atoms with Crippen LogP contribution >= 0.6 is 11.6 Å². The Bertz CT molecular complexity index is 1290. The second-order valence-corrected chi connectivity index (χ2v) is 6.59. The van der Waals surface area contributed by atoms with Gasteiger partial charge in [0.2, 0.25) is 5.88 Å². The third-order valence-electron chi connectivity index (χ3n) is 4.60. The molecule has 1 aromatic carbocycles. The zero-order valence-corrected chi connectivity index (χ0v) is 15.5. The van der Waals surface area contributed by atoms with Crippen LogP contribution in [0.5, 0.6) is 5.88 Å². The van der Waals surface area contributed by atoms with Crippen LogP contribution in [0.25, 0.3) is 27.5 Å². The number of aromatic nitrogens is 3. The summed E-state index contributed by atoms with van der Waals surface area (Å²) >= 11 is 6.09. The molecule has 0 atom stereocenters. The highest BCUT2D eigenvalue weighted by Crippen LogP contribution is 2.41. The van der Waals surface area contributed by atoms with Gasteiger partial charge in [0.25, 0.3) is 5.56 Å². The largest absolute Gasteiger partial charge is 0.481 e. The number of pyridine rings is 2. The fraction of sp³-hybridized carbons (Fsp3) is 0.158. The van der Waals surface area contributed by atoms with E-state index in [1.165, 1.54) is 23.8 Å². The van der Waals surface area contributed by atoms with Gasteiger partial charge in [-0.05, 0) is 35.2 Å². The van der Waals surface area contributed by atoms with Crippen LogP contribution in [-0.4, -0.2) is 21.3 Å². The Morgan fingerprint density at radius 1 is 1.11 bits per heavy atom. The van der Waals surface area contributed by atoms with Crippen LogP contribution in [0.1, 0.15) is 5.69 Å². The van der Waals surface area contributed by atoms with Crippen molar-refractivity contribution in [3.63, 3.8) is 0 Å². The Labute approximate surface area is 161 Å². The van der Waals surface area contributed by atoms with Crippen LogP contribution in [0.3, 0.4) is 0 Å².